The van der Waals surface area contributed by atoms with E-state index in [-0.39, 0.29) is 6.54 Å². The van der Waals surface area contributed by atoms with Crippen LogP contribution in [0.15, 0.2) is 12.2 Å². The van der Waals surface area contributed by atoms with Gasteiger partial charge in [0.2, 0.25) is 0 Å². The number of carbonyl (C=O) groups excluding carboxylic acids is 1. The largest absolute Gasteiger partial charge is 0.544 e. The normalized spacial score (nSPS) is 11.8. The molecule has 0 aliphatic heterocycles. The number of nitrogens with zero attached hydrogens (tertiary/aromatic N) is 1. The van der Waals surface area contributed by atoms with Crippen LogP contribution < -0.4 is 5.11 Å². The van der Waals surface area contributed by atoms with E-state index >= 15 is 0 Å². The smallest absolute Gasteiger partial charge is 0.359 e. The first-order valence-corrected chi connectivity index (χ1v) is 13.4. The SMILES string of the molecule is CCCCC/C=C/CCCCCCCCCCCCCC[N+](CC(=O)[O-])(CC(=O)O)CC(=O)O. The lowest BCUT2D eigenvalue weighted by atomic mass is 10.0. The second-order valence-corrected chi connectivity index (χ2v) is 9.70. The van der Waals surface area contributed by atoms with Gasteiger partial charge in [0.1, 0.15) is 6.54 Å². The Morgan fingerprint density at radius 1 is 0.618 bits per heavy atom. The number of rotatable bonds is 25. The summed E-state index contributed by atoms with van der Waals surface area (Å²) in [6.45, 7) is 0.835. The lowest BCUT2D eigenvalue weighted by Gasteiger charge is -2.36. The zero-order valence-corrected chi connectivity index (χ0v) is 21.5. The van der Waals surface area contributed by atoms with Gasteiger partial charge < -0.3 is 24.6 Å². The van der Waals surface area contributed by atoms with E-state index in [0.29, 0.717) is 6.42 Å². The first-order valence-electron chi connectivity index (χ1n) is 13.4. The molecule has 0 fully saturated rings. The molecule has 0 saturated carbocycles. The maximum absolute atomic E-state index is 11.2. The predicted octanol–water partition coefficient (Wildman–Crippen LogP) is 4.93. The van der Waals surface area contributed by atoms with Crippen LogP contribution in [0.5, 0.6) is 0 Å². The molecule has 0 amide bonds. The molecule has 0 aromatic rings. The number of carboxylic acids is 3. The van der Waals surface area contributed by atoms with Crippen molar-refractivity contribution in [3.8, 4) is 0 Å². The van der Waals surface area contributed by atoms with Crippen LogP contribution in [0.3, 0.4) is 0 Å². The third-order valence-corrected chi connectivity index (χ3v) is 6.30. The van der Waals surface area contributed by atoms with E-state index in [1.165, 1.54) is 83.5 Å². The van der Waals surface area contributed by atoms with Gasteiger partial charge >= 0.3 is 11.9 Å². The van der Waals surface area contributed by atoms with Crippen molar-refractivity contribution in [1.82, 2.24) is 0 Å². The Morgan fingerprint density at radius 2 is 1.00 bits per heavy atom. The number of hydrogen-bond donors (Lipinski definition) is 2. The molecule has 0 bridgehead atoms. The highest BCUT2D eigenvalue weighted by molar-refractivity contribution is 5.72. The molecule has 0 aromatic carbocycles. The Morgan fingerprint density at radius 3 is 1.38 bits per heavy atom. The predicted molar refractivity (Wildman–Crippen MR) is 133 cm³/mol. The standard InChI is InChI=1S/C27H49NO6/c1-2-3-4-5-6-7-8-9-10-11-12-13-14-15-16-17-18-19-20-21-28(22-25(29)30,23-26(31)32)24-27(33)34/h6-7H,2-5,8-24H2,1H3,(H2-,29,30,31,32,33,34)/b7-6+. The van der Waals surface area contributed by atoms with E-state index in [1.54, 1.807) is 0 Å². The number of allylic oxidation sites excluding steroid dienone is 2. The minimum absolute atomic E-state index is 0.223. The van der Waals surface area contributed by atoms with Gasteiger partial charge in [0, 0.05) is 0 Å². The number of aliphatic carboxylic acids is 3. The number of quaternary nitrogens is 1. The van der Waals surface area contributed by atoms with Gasteiger partial charge in [0.15, 0.2) is 13.1 Å². The molecule has 0 spiro atoms. The highest BCUT2D eigenvalue weighted by atomic mass is 16.4. The van der Waals surface area contributed by atoms with Crippen molar-refractivity contribution in [2.75, 3.05) is 26.2 Å². The molecule has 0 atom stereocenters. The van der Waals surface area contributed by atoms with Crippen LogP contribution in [0, 0.1) is 0 Å². The van der Waals surface area contributed by atoms with Crippen molar-refractivity contribution >= 4 is 17.9 Å². The molecular formula is C27H49NO6. The minimum Gasteiger partial charge on any atom is -0.544 e. The highest BCUT2D eigenvalue weighted by Gasteiger charge is 2.33. The monoisotopic (exact) mass is 483 g/mol. The summed E-state index contributed by atoms with van der Waals surface area (Å²) in [7, 11) is 0. The minimum atomic E-state index is -1.42. The van der Waals surface area contributed by atoms with Crippen molar-refractivity contribution in [2.24, 2.45) is 0 Å². The number of carboxylic acid groups (broad SMARTS) is 3. The van der Waals surface area contributed by atoms with Gasteiger partial charge in [0.25, 0.3) is 0 Å². The summed E-state index contributed by atoms with van der Waals surface area (Å²) >= 11 is 0. The average molecular weight is 484 g/mol. The molecule has 0 aliphatic carbocycles. The van der Waals surface area contributed by atoms with E-state index < -0.39 is 42.0 Å². The van der Waals surface area contributed by atoms with Gasteiger partial charge in [-0.1, -0.05) is 89.7 Å². The van der Waals surface area contributed by atoms with Gasteiger partial charge in [-0.3, -0.25) is 0 Å². The number of carbonyl (C=O) groups is 3. The van der Waals surface area contributed by atoms with Gasteiger partial charge in [-0.15, -0.1) is 0 Å². The number of unbranched alkanes of at least 4 members (excludes halogenated alkanes) is 15. The third kappa shape index (κ3) is 20.7. The molecule has 34 heavy (non-hydrogen) atoms. The average Bonchev–Trinajstić information content (AvgIpc) is 2.73. The fourth-order valence-corrected chi connectivity index (χ4v) is 4.48. The summed E-state index contributed by atoms with van der Waals surface area (Å²) in [5.41, 5.74) is 0. The van der Waals surface area contributed by atoms with Crippen molar-refractivity contribution in [3.05, 3.63) is 12.2 Å². The van der Waals surface area contributed by atoms with Crippen molar-refractivity contribution in [1.29, 1.82) is 0 Å². The van der Waals surface area contributed by atoms with Crippen LogP contribution in [0.1, 0.15) is 116 Å². The molecule has 0 unspecified atom stereocenters. The molecule has 0 saturated heterocycles. The summed E-state index contributed by atoms with van der Waals surface area (Å²) in [6, 6.07) is 0. The van der Waals surface area contributed by atoms with E-state index in [9.17, 15) is 19.5 Å². The Bertz CT molecular complexity index is 535. The maximum atomic E-state index is 11.2. The van der Waals surface area contributed by atoms with E-state index in [0.717, 1.165) is 19.3 Å². The molecule has 7 nitrogen and oxygen atoms in total. The summed E-state index contributed by atoms with van der Waals surface area (Å²) in [6.07, 6.45) is 24.8. The van der Waals surface area contributed by atoms with E-state index in [4.69, 9.17) is 10.2 Å². The molecule has 0 heterocycles. The first-order chi connectivity index (χ1) is 16.3. The second-order valence-electron chi connectivity index (χ2n) is 9.70. The van der Waals surface area contributed by atoms with Crippen LogP contribution in [0.2, 0.25) is 0 Å². The zero-order valence-electron chi connectivity index (χ0n) is 21.5. The van der Waals surface area contributed by atoms with Gasteiger partial charge in [-0.2, -0.15) is 0 Å². The van der Waals surface area contributed by atoms with Crippen molar-refractivity contribution in [3.63, 3.8) is 0 Å². The highest BCUT2D eigenvalue weighted by Crippen LogP contribution is 2.15. The summed E-state index contributed by atoms with van der Waals surface area (Å²) in [5.74, 6) is -3.81. The zero-order chi connectivity index (χ0) is 25.5. The molecule has 0 aromatic heterocycles. The Kier molecular flexibility index (Phi) is 20.4. The maximum Gasteiger partial charge on any atom is 0.359 e. The third-order valence-electron chi connectivity index (χ3n) is 6.30. The quantitative estimate of drug-likeness (QED) is 0.108. The van der Waals surface area contributed by atoms with Crippen LogP contribution >= 0.6 is 0 Å². The Hall–Kier alpha value is -1.89. The Balaban J connectivity index is 3.74. The van der Waals surface area contributed by atoms with Gasteiger partial charge in [0.05, 0.1) is 12.5 Å². The molecule has 2 N–H and O–H groups in total. The molecule has 7 heteroatoms. The van der Waals surface area contributed by atoms with E-state index in [1.807, 2.05) is 0 Å². The Labute approximate surface area is 206 Å². The molecule has 0 radical (unpaired) electrons. The molecule has 0 aliphatic rings. The number of hydrogen-bond acceptors (Lipinski definition) is 4. The van der Waals surface area contributed by atoms with Crippen LogP contribution in [0.4, 0.5) is 0 Å². The second kappa shape index (κ2) is 21.6. The van der Waals surface area contributed by atoms with Gasteiger partial charge in [-0.25, -0.2) is 9.59 Å². The van der Waals surface area contributed by atoms with Crippen LogP contribution in [-0.2, 0) is 14.4 Å². The molecular weight excluding hydrogens is 434 g/mol. The summed E-state index contributed by atoms with van der Waals surface area (Å²) in [4.78, 5) is 33.4. The fourth-order valence-electron chi connectivity index (χ4n) is 4.48. The first kappa shape index (κ1) is 32.1. The van der Waals surface area contributed by atoms with Crippen molar-refractivity contribution < 1.29 is 34.2 Å². The lowest BCUT2D eigenvalue weighted by Crippen LogP contribution is -2.59. The molecule has 0 rings (SSSR count). The van der Waals surface area contributed by atoms with Crippen molar-refractivity contribution in [2.45, 2.75) is 116 Å². The van der Waals surface area contributed by atoms with Crippen LogP contribution in [0.25, 0.3) is 0 Å². The lowest BCUT2D eigenvalue weighted by molar-refractivity contribution is -0.909. The topological polar surface area (TPSA) is 115 Å². The summed E-state index contributed by atoms with van der Waals surface area (Å²) in [5, 5.41) is 29.3. The van der Waals surface area contributed by atoms with Gasteiger partial charge in [-0.05, 0) is 38.5 Å². The summed E-state index contributed by atoms with van der Waals surface area (Å²) < 4.78 is -0.498. The van der Waals surface area contributed by atoms with E-state index in [2.05, 4.69) is 19.1 Å². The van der Waals surface area contributed by atoms with Crippen LogP contribution in [-0.4, -0.2) is 58.8 Å². The molecule has 198 valence electrons. The fraction of sp³-hybridized carbons (Fsp3) is 0.815.